The van der Waals surface area contributed by atoms with E-state index in [1.807, 2.05) is 36.4 Å². The fourth-order valence-electron chi connectivity index (χ4n) is 2.34. The van der Waals surface area contributed by atoms with E-state index in [9.17, 15) is 9.59 Å². The minimum absolute atomic E-state index is 0.193. The van der Waals surface area contributed by atoms with Gasteiger partial charge in [0.05, 0.1) is 11.8 Å². The van der Waals surface area contributed by atoms with Crippen molar-refractivity contribution in [3.63, 3.8) is 0 Å². The maximum Gasteiger partial charge on any atom is 0.307 e. The average Bonchev–Trinajstić information content (AvgIpc) is 2.45. The van der Waals surface area contributed by atoms with E-state index in [2.05, 4.69) is 21.2 Å². The number of hydrogen-bond donors (Lipinski definition) is 2. The van der Waals surface area contributed by atoms with Crippen LogP contribution in [0.25, 0.3) is 0 Å². The molecule has 0 radical (unpaired) electrons. The minimum Gasteiger partial charge on any atom is -0.481 e. The van der Waals surface area contributed by atoms with Gasteiger partial charge in [-0.25, -0.2) is 0 Å². The maximum atomic E-state index is 12.2. The van der Waals surface area contributed by atoms with Crippen LogP contribution in [-0.4, -0.2) is 17.0 Å². The smallest absolute Gasteiger partial charge is 0.307 e. The number of carboxylic acids is 1. The molecule has 0 saturated heterocycles. The van der Waals surface area contributed by atoms with E-state index < -0.39 is 17.8 Å². The van der Waals surface area contributed by atoms with Gasteiger partial charge in [-0.05, 0) is 30.5 Å². The van der Waals surface area contributed by atoms with Gasteiger partial charge in [0.2, 0.25) is 5.91 Å². The molecule has 0 fully saturated rings. The van der Waals surface area contributed by atoms with E-state index in [4.69, 9.17) is 5.11 Å². The molecule has 5 heteroatoms. The topological polar surface area (TPSA) is 66.4 Å². The van der Waals surface area contributed by atoms with Crippen LogP contribution in [-0.2, 0) is 16.1 Å². The number of allylic oxidation sites excluding steroid dienone is 2. The Balaban J connectivity index is 1.97. The zero-order valence-electron chi connectivity index (χ0n) is 10.9. The summed E-state index contributed by atoms with van der Waals surface area (Å²) in [6.07, 6.45) is 4.62. The van der Waals surface area contributed by atoms with E-state index in [0.717, 1.165) is 10.0 Å². The minimum atomic E-state index is -0.906. The second-order valence-electron chi connectivity index (χ2n) is 4.84. The van der Waals surface area contributed by atoms with Gasteiger partial charge in [-0.3, -0.25) is 9.59 Å². The highest BCUT2D eigenvalue weighted by Gasteiger charge is 2.33. The number of aliphatic carboxylic acids is 1. The molecular weight excluding hydrogens is 322 g/mol. The zero-order valence-corrected chi connectivity index (χ0v) is 12.5. The molecule has 20 heavy (non-hydrogen) atoms. The Bertz CT molecular complexity index is 542. The van der Waals surface area contributed by atoms with Gasteiger partial charge in [0.15, 0.2) is 0 Å². The number of halogens is 1. The molecule has 0 heterocycles. The molecule has 1 aliphatic rings. The molecule has 2 atom stereocenters. The second kappa shape index (κ2) is 6.70. The third-order valence-electron chi connectivity index (χ3n) is 3.44. The number of carbonyl (C=O) groups is 2. The van der Waals surface area contributed by atoms with Gasteiger partial charge < -0.3 is 10.4 Å². The number of rotatable bonds is 4. The molecule has 0 unspecified atom stereocenters. The molecule has 106 valence electrons. The van der Waals surface area contributed by atoms with Gasteiger partial charge in [-0.15, -0.1) is 0 Å². The number of nitrogens with one attached hydrogen (secondary N) is 1. The molecule has 0 aliphatic heterocycles. The number of carboxylic acid groups (broad SMARTS) is 1. The lowest BCUT2D eigenvalue weighted by atomic mass is 9.82. The van der Waals surface area contributed by atoms with E-state index in [1.165, 1.54) is 0 Å². The third kappa shape index (κ3) is 3.70. The van der Waals surface area contributed by atoms with Crippen molar-refractivity contribution in [1.82, 2.24) is 5.32 Å². The van der Waals surface area contributed by atoms with Crippen molar-refractivity contribution in [2.45, 2.75) is 19.4 Å². The van der Waals surface area contributed by atoms with Crippen LogP contribution in [0.5, 0.6) is 0 Å². The van der Waals surface area contributed by atoms with Crippen LogP contribution in [0.1, 0.15) is 18.4 Å². The Hall–Kier alpha value is -1.62. The van der Waals surface area contributed by atoms with Crippen LogP contribution >= 0.6 is 15.9 Å². The average molecular weight is 338 g/mol. The standard InChI is InChI=1S/C15H16BrNO3/c16-11-5-3-4-10(8-11)9-17-14(18)12-6-1-2-7-13(12)15(19)20/h1-5,8,12-13H,6-7,9H2,(H,17,18)(H,19,20)/t12-,13+/m1/s1. The molecule has 2 rings (SSSR count). The number of amides is 1. The number of hydrogen-bond acceptors (Lipinski definition) is 2. The third-order valence-corrected chi connectivity index (χ3v) is 3.94. The van der Waals surface area contributed by atoms with Crippen molar-refractivity contribution < 1.29 is 14.7 Å². The monoisotopic (exact) mass is 337 g/mol. The van der Waals surface area contributed by atoms with Crippen LogP contribution in [0.15, 0.2) is 40.9 Å². The van der Waals surface area contributed by atoms with Crippen molar-refractivity contribution in [2.24, 2.45) is 11.8 Å². The van der Waals surface area contributed by atoms with E-state index in [1.54, 1.807) is 0 Å². The summed E-state index contributed by atoms with van der Waals surface area (Å²) in [5.74, 6) is -2.20. The molecule has 2 N–H and O–H groups in total. The molecule has 1 aromatic carbocycles. The first-order valence-corrected chi connectivity index (χ1v) is 7.27. The molecule has 0 spiro atoms. The summed E-state index contributed by atoms with van der Waals surface area (Å²) >= 11 is 3.37. The van der Waals surface area contributed by atoms with Crippen LogP contribution in [0.4, 0.5) is 0 Å². The predicted octanol–water partition coefficient (Wildman–Crippen LogP) is 2.73. The molecule has 0 aromatic heterocycles. The lowest BCUT2D eigenvalue weighted by Crippen LogP contribution is -2.38. The van der Waals surface area contributed by atoms with Gasteiger partial charge in [-0.1, -0.05) is 40.2 Å². The highest BCUT2D eigenvalue weighted by molar-refractivity contribution is 9.10. The molecule has 1 amide bonds. The van der Waals surface area contributed by atoms with Crippen molar-refractivity contribution in [1.29, 1.82) is 0 Å². The van der Waals surface area contributed by atoms with Gasteiger partial charge in [0.25, 0.3) is 0 Å². The van der Waals surface area contributed by atoms with Crippen LogP contribution < -0.4 is 5.32 Å². The summed E-state index contributed by atoms with van der Waals surface area (Å²) in [5, 5.41) is 12.0. The zero-order chi connectivity index (χ0) is 14.5. The Morgan fingerprint density at radius 3 is 2.60 bits per heavy atom. The van der Waals surface area contributed by atoms with Crippen LogP contribution in [0.2, 0.25) is 0 Å². The first kappa shape index (κ1) is 14.8. The molecule has 0 saturated carbocycles. The molecule has 4 nitrogen and oxygen atoms in total. The SMILES string of the molecule is O=C(O)[C@H]1CC=CC[C@H]1C(=O)NCc1cccc(Br)c1. The van der Waals surface area contributed by atoms with Gasteiger partial charge in [0.1, 0.15) is 0 Å². The Kier molecular flexibility index (Phi) is 4.95. The largest absolute Gasteiger partial charge is 0.481 e. The van der Waals surface area contributed by atoms with Gasteiger partial charge >= 0.3 is 5.97 Å². The number of benzene rings is 1. The fourth-order valence-corrected chi connectivity index (χ4v) is 2.79. The van der Waals surface area contributed by atoms with E-state index in [-0.39, 0.29) is 5.91 Å². The lowest BCUT2D eigenvalue weighted by Gasteiger charge is -2.24. The second-order valence-corrected chi connectivity index (χ2v) is 5.76. The highest BCUT2D eigenvalue weighted by Crippen LogP contribution is 2.26. The predicted molar refractivity (Wildman–Crippen MR) is 79.0 cm³/mol. The Labute approximate surface area is 126 Å². The first-order valence-electron chi connectivity index (χ1n) is 6.48. The van der Waals surface area contributed by atoms with E-state index in [0.29, 0.717) is 19.4 Å². The summed E-state index contributed by atoms with van der Waals surface area (Å²) in [4.78, 5) is 23.3. The molecule has 1 aromatic rings. The summed E-state index contributed by atoms with van der Waals surface area (Å²) in [7, 11) is 0. The molecule has 0 bridgehead atoms. The summed E-state index contributed by atoms with van der Waals surface area (Å²) < 4.78 is 0.952. The van der Waals surface area contributed by atoms with E-state index >= 15 is 0 Å². The molecular formula is C15H16BrNO3. The summed E-state index contributed by atoms with van der Waals surface area (Å²) in [6.45, 7) is 0.408. The summed E-state index contributed by atoms with van der Waals surface area (Å²) in [6, 6.07) is 7.66. The quantitative estimate of drug-likeness (QED) is 0.830. The molecule has 1 aliphatic carbocycles. The Morgan fingerprint density at radius 2 is 1.95 bits per heavy atom. The fraction of sp³-hybridized carbons (Fsp3) is 0.333. The van der Waals surface area contributed by atoms with Crippen LogP contribution in [0, 0.1) is 11.8 Å². The van der Waals surface area contributed by atoms with Crippen molar-refractivity contribution in [3.8, 4) is 0 Å². The van der Waals surface area contributed by atoms with Crippen molar-refractivity contribution >= 4 is 27.8 Å². The maximum absolute atomic E-state index is 12.2. The first-order chi connectivity index (χ1) is 9.58. The lowest BCUT2D eigenvalue weighted by molar-refractivity contribution is -0.147. The van der Waals surface area contributed by atoms with Crippen LogP contribution in [0.3, 0.4) is 0 Å². The van der Waals surface area contributed by atoms with Crippen molar-refractivity contribution in [3.05, 3.63) is 46.5 Å². The normalized spacial score (nSPS) is 21.4. The summed E-state index contributed by atoms with van der Waals surface area (Å²) in [5.41, 5.74) is 0.978. The number of carbonyl (C=O) groups excluding carboxylic acids is 1. The van der Waals surface area contributed by atoms with Crippen molar-refractivity contribution in [2.75, 3.05) is 0 Å². The highest BCUT2D eigenvalue weighted by atomic mass is 79.9. The Morgan fingerprint density at radius 1 is 1.25 bits per heavy atom. The van der Waals surface area contributed by atoms with Gasteiger partial charge in [0, 0.05) is 11.0 Å². The van der Waals surface area contributed by atoms with Gasteiger partial charge in [-0.2, -0.15) is 0 Å².